The van der Waals surface area contributed by atoms with Gasteiger partial charge in [0.05, 0.1) is 6.42 Å². The molecular weight excluding hydrogens is 550 g/mol. The van der Waals surface area contributed by atoms with E-state index in [2.05, 4.69) is 137 Å². The fourth-order valence-corrected chi connectivity index (χ4v) is 6.16. The highest BCUT2D eigenvalue weighted by Crippen LogP contribution is 2.21. The highest BCUT2D eigenvalue weighted by Gasteiger charge is 2.17. The van der Waals surface area contributed by atoms with Gasteiger partial charge < -0.3 is 16.0 Å². The molecular formula is C41H41N3O. The van der Waals surface area contributed by atoms with E-state index in [-0.39, 0.29) is 18.0 Å². The number of carbonyl (C=O) groups is 1. The quantitative estimate of drug-likeness (QED) is 0.132. The molecule has 6 aromatic rings. The SMILES string of the molecule is CNC[C@H](Cc1ccc2ccccc2c1)NC[C@@H](Cc1ccc2ccccc2c1)NC(=O)Cc1ccc(-c2ccccc2)cc1. The zero-order valence-corrected chi connectivity index (χ0v) is 25.9. The molecule has 0 radical (unpaired) electrons. The topological polar surface area (TPSA) is 53.2 Å². The average Bonchev–Trinajstić information content (AvgIpc) is 3.08. The second kappa shape index (κ2) is 14.8. The minimum Gasteiger partial charge on any atom is -0.351 e. The molecule has 1 amide bonds. The fourth-order valence-electron chi connectivity index (χ4n) is 6.16. The number of rotatable bonds is 13. The first-order valence-electron chi connectivity index (χ1n) is 15.9. The van der Waals surface area contributed by atoms with Crippen LogP contribution in [0.25, 0.3) is 32.7 Å². The Morgan fingerprint density at radius 2 is 1.04 bits per heavy atom. The van der Waals surface area contributed by atoms with Gasteiger partial charge in [-0.15, -0.1) is 0 Å². The first kappa shape index (κ1) is 30.3. The van der Waals surface area contributed by atoms with Gasteiger partial charge in [-0.2, -0.15) is 0 Å². The molecule has 0 heterocycles. The number of benzene rings is 6. The minimum atomic E-state index is -0.0572. The Morgan fingerprint density at radius 3 is 1.64 bits per heavy atom. The van der Waals surface area contributed by atoms with Crippen LogP contribution in [0.15, 0.2) is 140 Å². The lowest BCUT2D eigenvalue weighted by Gasteiger charge is -2.25. The maximum atomic E-state index is 13.4. The van der Waals surface area contributed by atoms with Crippen LogP contribution in [0, 0.1) is 0 Å². The van der Waals surface area contributed by atoms with Gasteiger partial charge >= 0.3 is 0 Å². The number of hydrogen-bond acceptors (Lipinski definition) is 3. The molecule has 0 fully saturated rings. The molecule has 0 aliphatic rings. The van der Waals surface area contributed by atoms with Gasteiger partial charge in [-0.05, 0) is 69.3 Å². The molecule has 6 aromatic carbocycles. The van der Waals surface area contributed by atoms with Gasteiger partial charge in [0.25, 0.3) is 0 Å². The lowest BCUT2D eigenvalue weighted by Crippen LogP contribution is -2.49. The van der Waals surface area contributed by atoms with Crippen molar-refractivity contribution in [3.63, 3.8) is 0 Å². The summed E-state index contributed by atoms with van der Waals surface area (Å²) in [6.45, 7) is 1.50. The van der Waals surface area contributed by atoms with Crippen LogP contribution in [-0.4, -0.2) is 38.1 Å². The fraction of sp³-hybridized carbons (Fsp3) is 0.195. The van der Waals surface area contributed by atoms with Crippen molar-refractivity contribution in [1.82, 2.24) is 16.0 Å². The number of likely N-dealkylation sites (N-methyl/N-ethyl adjacent to an activating group) is 1. The zero-order chi connectivity index (χ0) is 30.8. The Morgan fingerprint density at radius 1 is 0.533 bits per heavy atom. The van der Waals surface area contributed by atoms with Crippen molar-refractivity contribution in [2.45, 2.75) is 31.3 Å². The summed E-state index contributed by atoms with van der Waals surface area (Å²) in [7, 11) is 1.99. The molecule has 0 aliphatic carbocycles. The molecule has 3 N–H and O–H groups in total. The number of fused-ring (bicyclic) bond motifs is 2. The third kappa shape index (κ3) is 8.24. The molecule has 0 bridgehead atoms. The lowest BCUT2D eigenvalue weighted by atomic mass is 9.99. The van der Waals surface area contributed by atoms with Gasteiger partial charge in [0.15, 0.2) is 0 Å². The molecule has 0 saturated heterocycles. The first-order chi connectivity index (χ1) is 22.1. The Hall–Kier alpha value is -4.77. The van der Waals surface area contributed by atoms with Crippen molar-refractivity contribution < 1.29 is 4.79 Å². The molecule has 0 aromatic heterocycles. The van der Waals surface area contributed by atoms with Crippen LogP contribution in [0.3, 0.4) is 0 Å². The third-order valence-corrected chi connectivity index (χ3v) is 8.49. The predicted molar refractivity (Wildman–Crippen MR) is 189 cm³/mol. The van der Waals surface area contributed by atoms with Crippen molar-refractivity contribution in [3.05, 3.63) is 156 Å². The smallest absolute Gasteiger partial charge is 0.224 e. The zero-order valence-electron chi connectivity index (χ0n) is 25.9. The van der Waals surface area contributed by atoms with Crippen LogP contribution >= 0.6 is 0 Å². The van der Waals surface area contributed by atoms with E-state index in [0.717, 1.165) is 30.5 Å². The standard InChI is InChI=1S/C41H41N3O/c1-42-28-39(25-31-17-21-34-11-5-7-13-37(34)23-31)43-29-40(26-32-18-22-35-12-6-8-14-38(35)24-32)44-41(45)27-30-15-19-36(20-16-30)33-9-3-2-4-10-33/h2-24,39-40,42-43H,25-29H2,1H3,(H,44,45)/t39-,40+/m0/s1. The number of nitrogens with one attached hydrogen (secondary N) is 3. The molecule has 45 heavy (non-hydrogen) atoms. The van der Waals surface area contributed by atoms with Gasteiger partial charge in [0, 0.05) is 25.2 Å². The second-order valence-corrected chi connectivity index (χ2v) is 11.9. The van der Waals surface area contributed by atoms with Crippen molar-refractivity contribution in [2.75, 3.05) is 20.1 Å². The Kier molecular flexibility index (Phi) is 9.96. The summed E-state index contributed by atoms with van der Waals surface area (Å²) in [6.07, 6.45) is 2.00. The Labute approximate surface area is 266 Å². The molecule has 4 heteroatoms. The Bertz CT molecular complexity index is 1850. The van der Waals surface area contributed by atoms with E-state index in [4.69, 9.17) is 0 Å². The van der Waals surface area contributed by atoms with Gasteiger partial charge in [-0.1, -0.05) is 140 Å². The summed E-state index contributed by atoms with van der Waals surface area (Å²) in [5, 5.41) is 15.5. The van der Waals surface area contributed by atoms with Gasteiger partial charge in [0.1, 0.15) is 0 Å². The average molecular weight is 592 g/mol. The summed E-state index contributed by atoms with van der Waals surface area (Å²) < 4.78 is 0. The molecule has 0 saturated carbocycles. The van der Waals surface area contributed by atoms with E-state index in [1.807, 2.05) is 25.2 Å². The van der Waals surface area contributed by atoms with E-state index in [9.17, 15) is 4.79 Å². The van der Waals surface area contributed by atoms with E-state index in [1.54, 1.807) is 0 Å². The van der Waals surface area contributed by atoms with Crippen LogP contribution < -0.4 is 16.0 Å². The summed E-state index contributed by atoms with van der Waals surface area (Å²) in [5.74, 6) is 0.0368. The molecule has 226 valence electrons. The highest BCUT2D eigenvalue weighted by molar-refractivity contribution is 5.84. The van der Waals surface area contributed by atoms with E-state index >= 15 is 0 Å². The van der Waals surface area contributed by atoms with Crippen LogP contribution in [0.4, 0.5) is 0 Å². The van der Waals surface area contributed by atoms with E-state index in [0.29, 0.717) is 13.0 Å². The van der Waals surface area contributed by atoms with E-state index < -0.39 is 0 Å². The lowest BCUT2D eigenvalue weighted by molar-refractivity contribution is -0.121. The van der Waals surface area contributed by atoms with E-state index in [1.165, 1.54) is 38.2 Å². The maximum absolute atomic E-state index is 13.4. The van der Waals surface area contributed by atoms with Crippen LogP contribution in [0.2, 0.25) is 0 Å². The molecule has 0 aliphatic heterocycles. The Balaban J connectivity index is 1.15. The molecule has 2 atom stereocenters. The highest BCUT2D eigenvalue weighted by atomic mass is 16.1. The van der Waals surface area contributed by atoms with Crippen molar-refractivity contribution in [3.8, 4) is 11.1 Å². The maximum Gasteiger partial charge on any atom is 0.224 e. The minimum absolute atomic E-state index is 0.0368. The number of hydrogen-bond donors (Lipinski definition) is 3. The monoisotopic (exact) mass is 591 g/mol. The molecule has 0 spiro atoms. The van der Waals surface area contributed by atoms with Gasteiger partial charge in [-0.3, -0.25) is 4.79 Å². The third-order valence-electron chi connectivity index (χ3n) is 8.49. The number of amides is 1. The molecule has 0 unspecified atom stereocenters. The van der Waals surface area contributed by atoms with Crippen LogP contribution in [0.5, 0.6) is 0 Å². The summed E-state index contributed by atoms with van der Waals surface area (Å²) >= 11 is 0. The normalized spacial score (nSPS) is 12.6. The summed E-state index contributed by atoms with van der Waals surface area (Å²) in [5.41, 5.74) is 5.85. The van der Waals surface area contributed by atoms with Crippen molar-refractivity contribution in [2.24, 2.45) is 0 Å². The predicted octanol–water partition coefficient (Wildman–Crippen LogP) is 7.35. The van der Waals surface area contributed by atoms with Gasteiger partial charge in [0.2, 0.25) is 5.91 Å². The summed E-state index contributed by atoms with van der Waals surface area (Å²) in [4.78, 5) is 13.4. The molecule has 4 nitrogen and oxygen atoms in total. The van der Waals surface area contributed by atoms with Crippen LogP contribution in [0.1, 0.15) is 16.7 Å². The largest absolute Gasteiger partial charge is 0.351 e. The van der Waals surface area contributed by atoms with Crippen molar-refractivity contribution in [1.29, 1.82) is 0 Å². The first-order valence-corrected chi connectivity index (χ1v) is 15.9. The van der Waals surface area contributed by atoms with Gasteiger partial charge in [-0.25, -0.2) is 0 Å². The van der Waals surface area contributed by atoms with Crippen molar-refractivity contribution >= 4 is 27.5 Å². The van der Waals surface area contributed by atoms with Crippen LogP contribution in [-0.2, 0) is 24.1 Å². The molecule has 6 rings (SSSR count). The summed E-state index contributed by atoms with van der Waals surface area (Å²) in [6, 6.07) is 49.1. The number of carbonyl (C=O) groups excluding carboxylic acids is 1. The second-order valence-electron chi connectivity index (χ2n) is 11.9.